The van der Waals surface area contributed by atoms with E-state index >= 15 is 0 Å². The van der Waals surface area contributed by atoms with Crippen molar-refractivity contribution in [3.63, 3.8) is 0 Å². The van der Waals surface area contributed by atoms with Crippen LogP contribution < -0.4 is 4.74 Å². The number of amides is 2. The van der Waals surface area contributed by atoms with Gasteiger partial charge in [0.1, 0.15) is 5.75 Å². The number of hydrogen-bond donors (Lipinski definition) is 0. The van der Waals surface area contributed by atoms with Gasteiger partial charge in [0.15, 0.2) is 6.29 Å². The lowest BCUT2D eigenvalue weighted by atomic mass is 10.0. The summed E-state index contributed by atoms with van der Waals surface area (Å²) in [4.78, 5) is 37.0. The molecule has 2 heterocycles. The van der Waals surface area contributed by atoms with Gasteiger partial charge in [0.25, 0.3) is 11.8 Å². The normalized spacial score (nSPS) is 15.5. The number of rotatable bonds is 11. The highest BCUT2D eigenvalue weighted by Gasteiger charge is 2.34. The first kappa shape index (κ1) is 37.5. The van der Waals surface area contributed by atoms with Crippen LogP contribution in [0.4, 0.5) is 0 Å². The maximum atomic E-state index is 12.0. The zero-order valence-corrected chi connectivity index (χ0v) is 29.1. The summed E-state index contributed by atoms with van der Waals surface area (Å²) in [6.45, 7) is 14.5. The molecule has 7 nitrogen and oxygen atoms in total. The Bertz CT molecular complexity index is 1340. The summed E-state index contributed by atoms with van der Waals surface area (Å²) in [6.07, 6.45) is 5.26. The standard InChI is InChI=1S/C17H24O4.C14H17NO2.C9H12/c1-13(2)12-20-16(18)11-14-6-8-15(9-7-14)21-17-5-3-4-10-19-17;1-10(2)6-5-9-15-13(16)11-7-3-4-8-12(11)14(15)17;1-8(2)9-6-4-3-5-7-9/h6-9,13,17H,3-5,10-12H2,1-2H3;3-4,7-8,10H,5-6,9H2,1-2H3;3-8H,1-2H3. The Morgan fingerprint density at radius 1 is 0.809 bits per heavy atom. The molecule has 1 saturated heterocycles. The summed E-state index contributed by atoms with van der Waals surface area (Å²) >= 11 is 0. The Morgan fingerprint density at radius 2 is 1.43 bits per heavy atom. The summed E-state index contributed by atoms with van der Waals surface area (Å²) in [6, 6.07) is 25.1. The topological polar surface area (TPSA) is 82.1 Å². The van der Waals surface area contributed by atoms with Crippen LogP contribution in [0.2, 0.25) is 0 Å². The molecule has 3 aromatic carbocycles. The smallest absolute Gasteiger partial charge is 0.310 e. The van der Waals surface area contributed by atoms with Gasteiger partial charge in [-0.25, -0.2) is 0 Å². The minimum atomic E-state index is -0.187. The van der Waals surface area contributed by atoms with E-state index in [1.807, 2.05) is 44.2 Å². The van der Waals surface area contributed by atoms with Gasteiger partial charge in [-0.1, -0.05) is 96.1 Å². The summed E-state index contributed by atoms with van der Waals surface area (Å²) < 4.78 is 16.5. The number of imide groups is 1. The second kappa shape index (κ2) is 19.6. The molecular formula is C40H53NO6. The van der Waals surface area contributed by atoms with Gasteiger partial charge < -0.3 is 14.2 Å². The molecule has 0 saturated carbocycles. The minimum absolute atomic E-state index is 0.138. The van der Waals surface area contributed by atoms with Crippen LogP contribution in [0, 0.1) is 11.8 Å². The Hall–Kier alpha value is -3.97. The number of carbonyl (C=O) groups is 3. The van der Waals surface area contributed by atoms with E-state index in [0.717, 1.165) is 50.0 Å². The van der Waals surface area contributed by atoms with E-state index in [-0.39, 0.29) is 24.1 Å². The van der Waals surface area contributed by atoms with Gasteiger partial charge in [-0.05, 0) is 78.8 Å². The molecule has 1 fully saturated rings. The molecule has 2 aliphatic heterocycles. The fourth-order valence-electron chi connectivity index (χ4n) is 5.06. The summed E-state index contributed by atoms with van der Waals surface area (Å²) in [7, 11) is 0. The van der Waals surface area contributed by atoms with E-state index in [2.05, 4.69) is 52.0 Å². The first-order valence-electron chi connectivity index (χ1n) is 17.1. The predicted molar refractivity (Wildman–Crippen MR) is 187 cm³/mol. The quantitative estimate of drug-likeness (QED) is 0.153. The van der Waals surface area contributed by atoms with E-state index in [4.69, 9.17) is 14.2 Å². The zero-order chi connectivity index (χ0) is 34.2. The molecular weight excluding hydrogens is 590 g/mol. The summed E-state index contributed by atoms with van der Waals surface area (Å²) in [5, 5.41) is 0. The zero-order valence-electron chi connectivity index (χ0n) is 29.1. The molecule has 3 aromatic rings. The van der Waals surface area contributed by atoms with E-state index < -0.39 is 0 Å². The Balaban J connectivity index is 0.000000206. The number of fused-ring (bicyclic) bond motifs is 1. The first-order valence-corrected chi connectivity index (χ1v) is 17.1. The van der Waals surface area contributed by atoms with Gasteiger partial charge in [-0.3, -0.25) is 19.3 Å². The molecule has 5 rings (SSSR count). The average molecular weight is 644 g/mol. The van der Waals surface area contributed by atoms with Crippen molar-refractivity contribution in [3.8, 4) is 5.75 Å². The van der Waals surface area contributed by atoms with Crippen LogP contribution in [0.15, 0.2) is 78.9 Å². The van der Waals surface area contributed by atoms with Crippen molar-refractivity contribution in [1.82, 2.24) is 4.90 Å². The van der Waals surface area contributed by atoms with Crippen molar-refractivity contribution < 1.29 is 28.6 Å². The molecule has 1 unspecified atom stereocenters. The van der Waals surface area contributed by atoms with Crippen LogP contribution in [0.5, 0.6) is 5.75 Å². The van der Waals surface area contributed by atoms with Crippen LogP contribution in [-0.4, -0.2) is 48.7 Å². The van der Waals surface area contributed by atoms with Crippen molar-refractivity contribution >= 4 is 17.8 Å². The highest BCUT2D eigenvalue weighted by atomic mass is 16.7. The number of hydrogen-bond acceptors (Lipinski definition) is 6. The van der Waals surface area contributed by atoms with E-state index in [9.17, 15) is 14.4 Å². The van der Waals surface area contributed by atoms with Gasteiger partial charge in [0, 0.05) is 13.0 Å². The second-order valence-corrected chi connectivity index (χ2v) is 13.2. The van der Waals surface area contributed by atoms with Gasteiger partial charge >= 0.3 is 5.97 Å². The predicted octanol–water partition coefficient (Wildman–Crippen LogP) is 8.86. The van der Waals surface area contributed by atoms with Gasteiger partial charge in [-0.15, -0.1) is 0 Å². The highest BCUT2D eigenvalue weighted by molar-refractivity contribution is 6.21. The Kier molecular flexibility index (Phi) is 15.7. The monoisotopic (exact) mass is 643 g/mol. The first-order chi connectivity index (χ1) is 22.5. The van der Waals surface area contributed by atoms with E-state index in [1.54, 1.807) is 24.3 Å². The van der Waals surface area contributed by atoms with Gasteiger partial charge in [0.05, 0.1) is 30.8 Å². The maximum absolute atomic E-state index is 12.0. The van der Waals surface area contributed by atoms with Gasteiger partial charge in [0.2, 0.25) is 0 Å². The summed E-state index contributed by atoms with van der Waals surface area (Å²) in [5.41, 5.74) is 3.43. The summed E-state index contributed by atoms with van der Waals surface area (Å²) in [5.74, 6) is 1.93. The van der Waals surface area contributed by atoms with Crippen LogP contribution in [0.3, 0.4) is 0 Å². The van der Waals surface area contributed by atoms with Crippen LogP contribution in [-0.2, 0) is 20.7 Å². The van der Waals surface area contributed by atoms with E-state index in [1.165, 1.54) is 10.5 Å². The molecule has 0 aliphatic carbocycles. The number of ether oxygens (including phenoxy) is 3. The molecule has 0 spiro atoms. The van der Waals surface area contributed by atoms with Crippen molar-refractivity contribution in [2.45, 2.75) is 92.3 Å². The molecule has 0 bridgehead atoms. The average Bonchev–Trinajstić information content (AvgIpc) is 3.31. The lowest BCUT2D eigenvalue weighted by Crippen LogP contribution is -2.30. The fraction of sp³-hybridized carbons (Fsp3) is 0.475. The lowest BCUT2D eigenvalue weighted by Gasteiger charge is -2.23. The van der Waals surface area contributed by atoms with Crippen LogP contribution in [0.25, 0.3) is 0 Å². The van der Waals surface area contributed by atoms with Crippen molar-refractivity contribution in [2.24, 2.45) is 11.8 Å². The van der Waals surface area contributed by atoms with Crippen molar-refractivity contribution in [1.29, 1.82) is 0 Å². The molecule has 254 valence electrons. The third kappa shape index (κ3) is 13.0. The second-order valence-electron chi connectivity index (χ2n) is 13.2. The number of benzene rings is 3. The number of nitrogens with zero attached hydrogens (tertiary/aromatic N) is 1. The lowest BCUT2D eigenvalue weighted by molar-refractivity contribution is -0.143. The Morgan fingerprint density at radius 3 is 1.94 bits per heavy atom. The largest absolute Gasteiger partial charge is 0.465 e. The third-order valence-corrected chi connectivity index (χ3v) is 7.76. The van der Waals surface area contributed by atoms with Crippen molar-refractivity contribution in [3.05, 3.63) is 101 Å². The highest BCUT2D eigenvalue weighted by Crippen LogP contribution is 2.23. The molecule has 2 amide bonds. The molecule has 7 heteroatoms. The molecule has 0 N–H and O–H groups in total. The van der Waals surface area contributed by atoms with Crippen LogP contribution in [0.1, 0.15) is 111 Å². The maximum Gasteiger partial charge on any atom is 0.310 e. The molecule has 47 heavy (non-hydrogen) atoms. The van der Waals surface area contributed by atoms with E-state index in [0.29, 0.717) is 48.5 Å². The number of carbonyl (C=O) groups excluding carboxylic acids is 3. The van der Waals surface area contributed by atoms with Gasteiger partial charge in [-0.2, -0.15) is 0 Å². The molecule has 1 atom stereocenters. The fourth-order valence-corrected chi connectivity index (χ4v) is 5.06. The SMILES string of the molecule is CC(C)CCCN1C(=O)c2ccccc2C1=O.CC(C)COC(=O)Cc1ccc(OC2CCCCO2)cc1.CC(C)c1ccccc1. The number of esters is 1. The van der Waals surface area contributed by atoms with Crippen molar-refractivity contribution in [2.75, 3.05) is 19.8 Å². The third-order valence-electron chi connectivity index (χ3n) is 7.76. The molecule has 0 aromatic heterocycles. The van der Waals surface area contributed by atoms with Crippen LogP contribution >= 0.6 is 0 Å². The molecule has 0 radical (unpaired) electrons. The minimum Gasteiger partial charge on any atom is -0.465 e. The molecule has 2 aliphatic rings. The Labute approximate surface area is 281 Å².